The summed E-state index contributed by atoms with van der Waals surface area (Å²) >= 11 is 14.4. The van der Waals surface area contributed by atoms with Gasteiger partial charge in [-0.15, -0.1) is 11.3 Å². The molecule has 0 aliphatic carbocycles. The number of thiophene rings is 1. The second-order valence-electron chi connectivity index (χ2n) is 4.27. The molecular weight excluding hydrogens is 285 g/mol. The Morgan fingerprint density at radius 2 is 1.89 bits per heavy atom. The SMILES string of the molecule is CCCc1c(CNCC)sc2c(Cl)ccc(Cl)c12. The van der Waals surface area contributed by atoms with Gasteiger partial charge in [0, 0.05) is 21.8 Å². The molecule has 2 rings (SSSR count). The van der Waals surface area contributed by atoms with Gasteiger partial charge in [0.1, 0.15) is 0 Å². The first-order chi connectivity index (χ1) is 8.69. The number of hydrogen-bond donors (Lipinski definition) is 1. The van der Waals surface area contributed by atoms with Gasteiger partial charge in [0.05, 0.1) is 9.72 Å². The third-order valence-corrected chi connectivity index (χ3v) is 4.97. The highest BCUT2D eigenvalue weighted by Crippen LogP contribution is 2.40. The fourth-order valence-corrected chi connectivity index (χ4v) is 3.98. The van der Waals surface area contributed by atoms with Gasteiger partial charge in [-0.1, -0.05) is 43.5 Å². The highest BCUT2D eigenvalue weighted by molar-refractivity contribution is 7.20. The minimum absolute atomic E-state index is 0.805. The standard InChI is InChI=1S/C14H17Cl2NS/c1-3-5-9-12(8-17-4-2)18-14-11(16)7-6-10(15)13(9)14/h6-7,17H,3-5,8H2,1-2H3. The van der Waals surface area contributed by atoms with Crippen molar-refractivity contribution in [2.75, 3.05) is 6.54 Å². The minimum atomic E-state index is 0.805. The Morgan fingerprint density at radius 1 is 1.17 bits per heavy atom. The molecule has 98 valence electrons. The van der Waals surface area contributed by atoms with Crippen molar-refractivity contribution in [3.63, 3.8) is 0 Å². The molecule has 0 bridgehead atoms. The summed E-state index contributed by atoms with van der Waals surface area (Å²) in [7, 11) is 0. The van der Waals surface area contributed by atoms with Gasteiger partial charge >= 0.3 is 0 Å². The van der Waals surface area contributed by atoms with Crippen molar-refractivity contribution in [3.8, 4) is 0 Å². The van der Waals surface area contributed by atoms with Crippen molar-refractivity contribution >= 4 is 44.6 Å². The molecule has 0 atom stereocenters. The van der Waals surface area contributed by atoms with Crippen molar-refractivity contribution in [2.45, 2.75) is 33.2 Å². The number of aryl methyl sites for hydroxylation is 1. The second-order valence-corrected chi connectivity index (χ2v) is 6.19. The lowest BCUT2D eigenvalue weighted by Gasteiger charge is -2.04. The van der Waals surface area contributed by atoms with Crippen LogP contribution in [0.3, 0.4) is 0 Å². The van der Waals surface area contributed by atoms with Gasteiger partial charge in [-0.25, -0.2) is 0 Å². The molecule has 4 heteroatoms. The van der Waals surface area contributed by atoms with Crippen LogP contribution in [0.25, 0.3) is 10.1 Å². The molecule has 1 aromatic carbocycles. The van der Waals surface area contributed by atoms with E-state index in [0.29, 0.717) is 0 Å². The van der Waals surface area contributed by atoms with Crippen LogP contribution in [0.4, 0.5) is 0 Å². The Morgan fingerprint density at radius 3 is 2.56 bits per heavy atom. The van der Waals surface area contributed by atoms with Crippen LogP contribution in [0.5, 0.6) is 0 Å². The summed E-state index contributed by atoms with van der Waals surface area (Å²) in [6.07, 6.45) is 2.18. The monoisotopic (exact) mass is 301 g/mol. The predicted molar refractivity (Wildman–Crippen MR) is 83.2 cm³/mol. The van der Waals surface area contributed by atoms with Crippen LogP contribution in [-0.2, 0) is 13.0 Å². The third-order valence-electron chi connectivity index (χ3n) is 2.96. The average molecular weight is 302 g/mol. The van der Waals surface area contributed by atoms with E-state index in [-0.39, 0.29) is 0 Å². The van der Waals surface area contributed by atoms with E-state index in [1.54, 1.807) is 11.3 Å². The predicted octanol–water partition coefficient (Wildman–Crippen LogP) is 5.27. The molecule has 0 saturated heterocycles. The molecule has 0 spiro atoms. The lowest BCUT2D eigenvalue weighted by molar-refractivity contribution is 0.728. The summed E-state index contributed by atoms with van der Waals surface area (Å²) < 4.78 is 1.13. The number of rotatable bonds is 5. The second kappa shape index (κ2) is 6.25. The molecule has 2 aromatic rings. The Balaban J connectivity index is 2.59. The molecule has 0 radical (unpaired) electrons. The van der Waals surface area contributed by atoms with Crippen molar-refractivity contribution in [1.29, 1.82) is 0 Å². The zero-order chi connectivity index (χ0) is 13.1. The van der Waals surface area contributed by atoms with Crippen molar-refractivity contribution in [2.24, 2.45) is 0 Å². The Bertz CT molecular complexity index is 548. The van der Waals surface area contributed by atoms with Crippen LogP contribution < -0.4 is 5.32 Å². The number of halogens is 2. The van der Waals surface area contributed by atoms with Crippen LogP contribution in [0.15, 0.2) is 12.1 Å². The zero-order valence-electron chi connectivity index (χ0n) is 10.6. The average Bonchev–Trinajstić information content (AvgIpc) is 2.72. The summed E-state index contributed by atoms with van der Waals surface area (Å²) in [5, 5.41) is 6.17. The zero-order valence-corrected chi connectivity index (χ0v) is 13.0. The number of hydrogen-bond acceptors (Lipinski definition) is 2. The van der Waals surface area contributed by atoms with Crippen molar-refractivity contribution in [3.05, 3.63) is 32.6 Å². The molecular formula is C14H17Cl2NS. The molecule has 0 saturated carbocycles. The van der Waals surface area contributed by atoms with Gasteiger partial charge in [0.15, 0.2) is 0 Å². The quantitative estimate of drug-likeness (QED) is 0.793. The number of nitrogens with one attached hydrogen (secondary N) is 1. The van der Waals surface area contributed by atoms with Crippen LogP contribution >= 0.6 is 34.5 Å². The maximum absolute atomic E-state index is 6.34. The van der Waals surface area contributed by atoms with E-state index in [9.17, 15) is 0 Å². The van der Waals surface area contributed by atoms with Gasteiger partial charge in [-0.05, 0) is 30.7 Å². The molecule has 0 unspecified atom stereocenters. The molecule has 1 aromatic heterocycles. The molecule has 1 N–H and O–H groups in total. The molecule has 0 aliphatic rings. The molecule has 18 heavy (non-hydrogen) atoms. The maximum Gasteiger partial charge on any atom is 0.0585 e. The summed E-state index contributed by atoms with van der Waals surface area (Å²) in [5.74, 6) is 0. The molecule has 1 nitrogen and oxygen atoms in total. The summed E-state index contributed by atoms with van der Waals surface area (Å²) in [6, 6.07) is 3.78. The van der Waals surface area contributed by atoms with Gasteiger partial charge < -0.3 is 5.32 Å². The van der Waals surface area contributed by atoms with Crippen LogP contribution in [-0.4, -0.2) is 6.54 Å². The largest absolute Gasteiger partial charge is 0.312 e. The molecule has 0 amide bonds. The van der Waals surface area contributed by atoms with Crippen LogP contribution in [0.2, 0.25) is 10.0 Å². The fraction of sp³-hybridized carbons (Fsp3) is 0.429. The smallest absolute Gasteiger partial charge is 0.0585 e. The lowest BCUT2D eigenvalue weighted by atomic mass is 10.1. The van der Waals surface area contributed by atoms with Crippen molar-refractivity contribution in [1.82, 2.24) is 5.32 Å². The molecule has 1 heterocycles. The molecule has 0 fully saturated rings. The topological polar surface area (TPSA) is 12.0 Å². The molecule has 0 aliphatic heterocycles. The highest BCUT2D eigenvalue weighted by Gasteiger charge is 2.15. The maximum atomic E-state index is 6.34. The number of fused-ring (bicyclic) bond motifs is 1. The van der Waals surface area contributed by atoms with Gasteiger partial charge in [-0.3, -0.25) is 0 Å². The highest BCUT2D eigenvalue weighted by atomic mass is 35.5. The van der Waals surface area contributed by atoms with E-state index in [4.69, 9.17) is 23.2 Å². The third kappa shape index (κ3) is 2.67. The Hall–Kier alpha value is -0.280. The minimum Gasteiger partial charge on any atom is -0.312 e. The summed E-state index contributed by atoms with van der Waals surface area (Å²) in [5.41, 5.74) is 1.37. The van der Waals surface area contributed by atoms with E-state index in [1.165, 1.54) is 10.4 Å². The lowest BCUT2D eigenvalue weighted by Crippen LogP contribution is -2.11. The van der Waals surface area contributed by atoms with E-state index in [2.05, 4.69) is 19.2 Å². The first-order valence-electron chi connectivity index (χ1n) is 6.28. The normalized spacial score (nSPS) is 11.3. The van der Waals surface area contributed by atoms with Crippen LogP contribution in [0, 0.1) is 0 Å². The van der Waals surface area contributed by atoms with Crippen molar-refractivity contribution < 1.29 is 0 Å². The summed E-state index contributed by atoms with van der Waals surface area (Å²) in [4.78, 5) is 1.36. The van der Waals surface area contributed by atoms with Crippen LogP contribution in [0.1, 0.15) is 30.7 Å². The fourth-order valence-electron chi connectivity index (χ4n) is 2.13. The first-order valence-corrected chi connectivity index (χ1v) is 7.85. The number of benzene rings is 1. The first kappa shape index (κ1) is 14.1. The summed E-state index contributed by atoms with van der Waals surface area (Å²) in [6.45, 7) is 6.19. The van der Waals surface area contributed by atoms with Gasteiger partial charge in [0.25, 0.3) is 0 Å². The Kier molecular flexibility index (Phi) is 4.91. The van der Waals surface area contributed by atoms with E-state index >= 15 is 0 Å². The van der Waals surface area contributed by atoms with E-state index in [0.717, 1.165) is 46.1 Å². The Labute approximate surface area is 122 Å². The van der Waals surface area contributed by atoms with E-state index in [1.807, 2.05) is 12.1 Å². The van der Waals surface area contributed by atoms with E-state index < -0.39 is 0 Å². The van der Waals surface area contributed by atoms with Gasteiger partial charge in [-0.2, -0.15) is 0 Å². The van der Waals surface area contributed by atoms with Gasteiger partial charge in [0.2, 0.25) is 0 Å².